The quantitative estimate of drug-likeness (QED) is 0.859. The number of benzene rings is 1. The number of ether oxygens (including phenoxy) is 1. The summed E-state index contributed by atoms with van der Waals surface area (Å²) < 4.78 is 5.14. The normalized spacial score (nSPS) is 10.2. The Morgan fingerprint density at radius 1 is 1.44 bits per heavy atom. The van der Waals surface area contributed by atoms with Crippen LogP contribution in [0.15, 0.2) is 12.1 Å². The van der Waals surface area contributed by atoms with E-state index in [4.69, 9.17) is 16.3 Å². The Labute approximate surface area is 113 Å². The summed E-state index contributed by atoms with van der Waals surface area (Å²) in [5.74, 6) is 0.749. The predicted molar refractivity (Wildman–Crippen MR) is 74.1 cm³/mol. The van der Waals surface area contributed by atoms with Crippen molar-refractivity contribution in [3.8, 4) is 5.75 Å². The minimum atomic E-state index is 0.0863. The SMILES string of the molecule is CCCCC(=O)NCc1cc(Cl)c(OC)cc1C. The second-order valence-corrected chi connectivity index (χ2v) is 4.70. The lowest BCUT2D eigenvalue weighted by molar-refractivity contribution is -0.121. The zero-order valence-corrected chi connectivity index (χ0v) is 11.9. The molecule has 0 fully saturated rings. The molecule has 18 heavy (non-hydrogen) atoms. The van der Waals surface area contributed by atoms with Gasteiger partial charge in [-0.05, 0) is 36.6 Å². The van der Waals surface area contributed by atoms with Crippen molar-refractivity contribution < 1.29 is 9.53 Å². The molecule has 0 bridgehead atoms. The summed E-state index contributed by atoms with van der Waals surface area (Å²) >= 11 is 6.06. The second kappa shape index (κ2) is 7.27. The molecule has 4 heteroatoms. The average Bonchev–Trinajstić information content (AvgIpc) is 2.36. The molecule has 0 aliphatic heterocycles. The number of methoxy groups -OCH3 is 1. The Kier molecular flexibility index (Phi) is 5.99. The van der Waals surface area contributed by atoms with Gasteiger partial charge in [-0.1, -0.05) is 24.9 Å². The van der Waals surface area contributed by atoms with E-state index >= 15 is 0 Å². The van der Waals surface area contributed by atoms with Gasteiger partial charge in [-0.15, -0.1) is 0 Å². The van der Waals surface area contributed by atoms with Crippen LogP contribution in [-0.4, -0.2) is 13.0 Å². The highest BCUT2D eigenvalue weighted by Crippen LogP contribution is 2.27. The third-order valence-corrected chi connectivity index (χ3v) is 3.14. The second-order valence-electron chi connectivity index (χ2n) is 4.29. The Morgan fingerprint density at radius 2 is 2.17 bits per heavy atom. The molecule has 0 saturated carbocycles. The molecule has 0 aliphatic carbocycles. The van der Waals surface area contributed by atoms with Crippen molar-refractivity contribution in [2.24, 2.45) is 0 Å². The highest BCUT2D eigenvalue weighted by molar-refractivity contribution is 6.32. The van der Waals surface area contributed by atoms with Crippen molar-refractivity contribution in [2.75, 3.05) is 7.11 Å². The number of hydrogen-bond donors (Lipinski definition) is 1. The summed E-state index contributed by atoms with van der Waals surface area (Å²) in [6.45, 7) is 4.56. The van der Waals surface area contributed by atoms with E-state index in [1.807, 2.05) is 19.1 Å². The van der Waals surface area contributed by atoms with Gasteiger partial charge in [-0.2, -0.15) is 0 Å². The van der Waals surface area contributed by atoms with Gasteiger partial charge >= 0.3 is 0 Å². The Hall–Kier alpha value is -1.22. The van der Waals surface area contributed by atoms with Gasteiger partial charge in [0.15, 0.2) is 0 Å². The molecule has 1 aromatic carbocycles. The molecule has 3 nitrogen and oxygen atoms in total. The number of halogens is 1. The van der Waals surface area contributed by atoms with Crippen molar-refractivity contribution in [2.45, 2.75) is 39.7 Å². The molecule has 1 aromatic rings. The van der Waals surface area contributed by atoms with Crippen LogP contribution in [-0.2, 0) is 11.3 Å². The first-order chi connectivity index (χ1) is 8.58. The lowest BCUT2D eigenvalue weighted by Crippen LogP contribution is -2.22. The van der Waals surface area contributed by atoms with Gasteiger partial charge in [0.1, 0.15) is 5.75 Å². The van der Waals surface area contributed by atoms with Crippen molar-refractivity contribution in [1.29, 1.82) is 0 Å². The Morgan fingerprint density at radius 3 is 2.78 bits per heavy atom. The van der Waals surface area contributed by atoms with Crippen LogP contribution in [0, 0.1) is 6.92 Å². The number of amides is 1. The van der Waals surface area contributed by atoms with E-state index in [9.17, 15) is 4.79 Å². The number of unbranched alkanes of at least 4 members (excludes halogenated alkanes) is 1. The van der Waals surface area contributed by atoms with E-state index in [-0.39, 0.29) is 5.91 Å². The fourth-order valence-corrected chi connectivity index (χ4v) is 1.93. The van der Waals surface area contributed by atoms with Crippen LogP contribution in [0.5, 0.6) is 5.75 Å². The molecule has 1 rings (SSSR count). The molecule has 1 N–H and O–H groups in total. The van der Waals surface area contributed by atoms with E-state index in [0.717, 1.165) is 24.0 Å². The summed E-state index contributed by atoms with van der Waals surface area (Å²) in [5, 5.41) is 3.47. The molecular formula is C14H20ClNO2. The standard InChI is InChI=1S/C14H20ClNO2/c1-4-5-6-14(17)16-9-11-8-12(15)13(18-3)7-10(11)2/h7-8H,4-6,9H2,1-3H3,(H,16,17). The van der Waals surface area contributed by atoms with Crippen molar-refractivity contribution in [1.82, 2.24) is 5.32 Å². The van der Waals surface area contributed by atoms with E-state index in [0.29, 0.717) is 23.7 Å². The van der Waals surface area contributed by atoms with Crippen molar-refractivity contribution >= 4 is 17.5 Å². The van der Waals surface area contributed by atoms with Crippen LogP contribution >= 0.6 is 11.6 Å². The lowest BCUT2D eigenvalue weighted by Gasteiger charge is -2.11. The first-order valence-corrected chi connectivity index (χ1v) is 6.56. The number of aryl methyl sites for hydroxylation is 1. The van der Waals surface area contributed by atoms with Gasteiger partial charge in [-0.3, -0.25) is 4.79 Å². The van der Waals surface area contributed by atoms with Gasteiger partial charge in [0, 0.05) is 13.0 Å². The number of hydrogen-bond acceptors (Lipinski definition) is 2. The van der Waals surface area contributed by atoms with Gasteiger partial charge in [0.25, 0.3) is 0 Å². The Bertz CT molecular complexity index is 419. The Balaban J connectivity index is 2.62. The number of carbonyl (C=O) groups excluding carboxylic acids is 1. The van der Waals surface area contributed by atoms with Gasteiger partial charge in [-0.25, -0.2) is 0 Å². The minimum Gasteiger partial charge on any atom is -0.495 e. The fourth-order valence-electron chi connectivity index (χ4n) is 1.66. The van der Waals surface area contributed by atoms with E-state index < -0.39 is 0 Å². The van der Waals surface area contributed by atoms with E-state index in [1.54, 1.807) is 7.11 Å². The van der Waals surface area contributed by atoms with E-state index in [1.165, 1.54) is 0 Å². The molecule has 0 aliphatic rings. The van der Waals surface area contributed by atoms with Gasteiger partial charge < -0.3 is 10.1 Å². The minimum absolute atomic E-state index is 0.0863. The van der Waals surface area contributed by atoms with Gasteiger partial charge in [0.05, 0.1) is 12.1 Å². The molecule has 100 valence electrons. The summed E-state index contributed by atoms with van der Waals surface area (Å²) in [6.07, 6.45) is 2.54. The summed E-state index contributed by atoms with van der Waals surface area (Å²) in [4.78, 5) is 11.5. The molecule has 0 spiro atoms. The topological polar surface area (TPSA) is 38.3 Å². The lowest BCUT2D eigenvalue weighted by atomic mass is 10.1. The van der Waals surface area contributed by atoms with Crippen molar-refractivity contribution in [3.63, 3.8) is 0 Å². The smallest absolute Gasteiger partial charge is 0.220 e. The maximum absolute atomic E-state index is 11.5. The zero-order chi connectivity index (χ0) is 13.5. The van der Waals surface area contributed by atoms with Crippen molar-refractivity contribution in [3.05, 3.63) is 28.3 Å². The molecule has 0 saturated heterocycles. The van der Waals surface area contributed by atoms with Gasteiger partial charge in [0.2, 0.25) is 5.91 Å². The third-order valence-electron chi connectivity index (χ3n) is 2.84. The zero-order valence-electron chi connectivity index (χ0n) is 11.2. The monoisotopic (exact) mass is 269 g/mol. The maximum atomic E-state index is 11.5. The first-order valence-electron chi connectivity index (χ1n) is 6.18. The average molecular weight is 270 g/mol. The van der Waals surface area contributed by atoms with Crippen LogP contribution in [0.1, 0.15) is 37.3 Å². The first kappa shape index (κ1) is 14.8. The molecule has 0 aromatic heterocycles. The largest absolute Gasteiger partial charge is 0.495 e. The fraction of sp³-hybridized carbons (Fsp3) is 0.500. The van der Waals surface area contributed by atoms with Crippen LogP contribution in [0.4, 0.5) is 0 Å². The van der Waals surface area contributed by atoms with Crippen LogP contribution in [0.3, 0.4) is 0 Å². The van der Waals surface area contributed by atoms with E-state index in [2.05, 4.69) is 12.2 Å². The summed E-state index contributed by atoms with van der Waals surface area (Å²) in [5.41, 5.74) is 2.08. The van der Waals surface area contributed by atoms with Crippen LogP contribution < -0.4 is 10.1 Å². The molecule has 1 amide bonds. The molecular weight excluding hydrogens is 250 g/mol. The molecule has 0 heterocycles. The van der Waals surface area contributed by atoms with Crippen LogP contribution in [0.2, 0.25) is 5.02 Å². The highest BCUT2D eigenvalue weighted by Gasteiger charge is 2.07. The molecule has 0 unspecified atom stereocenters. The third kappa shape index (κ3) is 4.22. The number of carbonyl (C=O) groups is 1. The van der Waals surface area contributed by atoms with Crippen LogP contribution in [0.25, 0.3) is 0 Å². The summed E-state index contributed by atoms with van der Waals surface area (Å²) in [6, 6.07) is 3.73. The maximum Gasteiger partial charge on any atom is 0.220 e. The number of nitrogens with one attached hydrogen (secondary N) is 1. The highest BCUT2D eigenvalue weighted by atomic mass is 35.5. The summed E-state index contributed by atoms with van der Waals surface area (Å²) in [7, 11) is 1.59. The molecule has 0 radical (unpaired) electrons. The predicted octanol–water partition coefficient (Wildman–Crippen LogP) is 3.46. The number of rotatable bonds is 6. The molecule has 0 atom stereocenters.